The van der Waals surface area contributed by atoms with Crippen molar-refractivity contribution < 1.29 is 14.2 Å². The smallest absolute Gasteiger partial charge is 0.161 e. The lowest BCUT2D eigenvalue weighted by Gasteiger charge is -2.23. The van der Waals surface area contributed by atoms with Gasteiger partial charge in [0.1, 0.15) is 6.61 Å². The molecule has 0 bridgehead atoms. The van der Waals surface area contributed by atoms with E-state index in [4.69, 9.17) is 19.9 Å². The van der Waals surface area contributed by atoms with Crippen LogP contribution in [-0.2, 0) is 4.74 Å². The Morgan fingerprint density at radius 2 is 2.21 bits per heavy atom. The van der Waals surface area contributed by atoms with Gasteiger partial charge < -0.3 is 19.9 Å². The lowest BCUT2D eigenvalue weighted by Crippen LogP contribution is -2.25. The maximum absolute atomic E-state index is 5.86. The molecule has 0 spiro atoms. The van der Waals surface area contributed by atoms with Crippen LogP contribution in [0.5, 0.6) is 11.5 Å². The SMILES string of the molecule is COc1cc([C@H](C)N)ccc1OCC1CCCCO1. The molecule has 4 nitrogen and oxygen atoms in total. The molecule has 0 radical (unpaired) electrons. The largest absolute Gasteiger partial charge is 0.493 e. The summed E-state index contributed by atoms with van der Waals surface area (Å²) in [4.78, 5) is 0. The number of methoxy groups -OCH3 is 1. The highest BCUT2D eigenvalue weighted by Gasteiger charge is 2.16. The Morgan fingerprint density at radius 1 is 1.37 bits per heavy atom. The minimum atomic E-state index is -0.00960. The Hall–Kier alpha value is -1.26. The van der Waals surface area contributed by atoms with E-state index >= 15 is 0 Å². The third-order valence-corrected chi connectivity index (χ3v) is 3.41. The molecule has 1 fully saturated rings. The summed E-state index contributed by atoms with van der Waals surface area (Å²) in [5.41, 5.74) is 6.90. The van der Waals surface area contributed by atoms with Crippen LogP contribution in [0.3, 0.4) is 0 Å². The van der Waals surface area contributed by atoms with Gasteiger partial charge in [0.15, 0.2) is 11.5 Å². The van der Waals surface area contributed by atoms with Gasteiger partial charge >= 0.3 is 0 Å². The highest BCUT2D eigenvalue weighted by Crippen LogP contribution is 2.30. The van der Waals surface area contributed by atoms with Crippen molar-refractivity contribution in [2.24, 2.45) is 5.73 Å². The third kappa shape index (κ3) is 3.85. The molecule has 19 heavy (non-hydrogen) atoms. The van der Waals surface area contributed by atoms with Crippen molar-refractivity contribution in [1.82, 2.24) is 0 Å². The minimum absolute atomic E-state index is 0.00960. The van der Waals surface area contributed by atoms with Gasteiger partial charge in [-0.2, -0.15) is 0 Å². The summed E-state index contributed by atoms with van der Waals surface area (Å²) < 4.78 is 16.8. The molecule has 4 heteroatoms. The van der Waals surface area contributed by atoms with Crippen molar-refractivity contribution in [3.05, 3.63) is 23.8 Å². The van der Waals surface area contributed by atoms with Gasteiger partial charge in [-0.1, -0.05) is 6.07 Å². The molecule has 1 aliphatic rings. The van der Waals surface area contributed by atoms with Crippen LogP contribution < -0.4 is 15.2 Å². The van der Waals surface area contributed by atoms with Gasteiger partial charge in [0.2, 0.25) is 0 Å². The maximum atomic E-state index is 5.86. The molecule has 0 aromatic heterocycles. The van der Waals surface area contributed by atoms with E-state index in [1.54, 1.807) is 7.11 Å². The summed E-state index contributed by atoms with van der Waals surface area (Å²) in [6.45, 7) is 3.37. The molecule has 106 valence electrons. The van der Waals surface area contributed by atoms with E-state index in [0.717, 1.165) is 36.5 Å². The highest BCUT2D eigenvalue weighted by atomic mass is 16.5. The molecule has 0 amide bonds. The maximum Gasteiger partial charge on any atom is 0.161 e. The summed E-state index contributed by atoms with van der Waals surface area (Å²) in [5, 5.41) is 0. The number of hydrogen-bond acceptors (Lipinski definition) is 4. The van der Waals surface area contributed by atoms with E-state index in [0.29, 0.717) is 6.61 Å². The monoisotopic (exact) mass is 265 g/mol. The molecule has 1 aliphatic heterocycles. The molecule has 2 rings (SSSR count). The molecule has 1 aromatic rings. The Balaban J connectivity index is 1.98. The fraction of sp³-hybridized carbons (Fsp3) is 0.600. The van der Waals surface area contributed by atoms with Gasteiger partial charge in [0.05, 0.1) is 13.2 Å². The molecule has 1 aromatic carbocycles. The Labute approximate surface area is 114 Å². The normalized spacial score (nSPS) is 20.9. The summed E-state index contributed by atoms with van der Waals surface area (Å²) in [6.07, 6.45) is 3.64. The zero-order valence-corrected chi connectivity index (χ0v) is 11.7. The first-order valence-corrected chi connectivity index (χ1v) is 6.88. The predicted octanol–water partition coefficient (Wildman–Crippen LogP) is 2.66. The topological polar surface area (TPSA) is 53.7 Å². The number of rotatable bonds is 5. The number of hydrogen-bond donors (Lipinski definition) is 1. The van der Waals surface area contributed by atoms with E-state index in [1.165, 1.54) is 6.42 Å². The Kier molecular flexibility index (Phi) is 5.05. The molecule has 2 atom stereocenters. The van der Waals surface area contributed by atoms with Crippen molar-refractivity contribution >= 4 is 0 Å². The van der Waals surface area contributed by atoms with Crippen LogP contribution in [0.25, 0.3) is 0 Å². The lowest BCUT2D eigenvalue weighted by molar-refractivity contribution is -0.0114. The summed E-state index contributed by atoms with van der Waals surface area (Å²) >= 11 is 0. The van der Waals surface area contributed by atoms with E-state index < -0.39 is 0 Å². The van der Waals surface area contributed by atoms with Gasteiger partial charge in [-0.25, -0.2) is 0 Å². The fourth-order valence-corrected chi connectivity index (χ4v) is 2.21. The van der Waals surface area contributed by atoms with Gasteiger partial charge in [0, 0.05) is 12.6 Å². The molecular weight excluding hydrogens is 242 g/mol. The van der Waals surface area contributed by atoms with Crippen LogP contribution in [0.2, 0.25) is 0 Å². The second kappa shape index (κ2) is 6.78. The molecule has 1 unspecified atom stereocenters. The standard InChI is InChI=1S/C15H23NO3/c1-11(16)12-6-7-14(15(9-12)17-2)19-10-13-5-3-4-8-18-13/h6-7,9,11,13H,3-5,8,10,16H2,1-2H3/t11-,13?/m0/s1. The quantitative estimate of drug-likeness (QED) is 0.889. The van der Waals surface area contributed by atoms with Crippen LogP contribution in [0.15, 0.2) is 18.2 Å². The van der Waals surface area contributed by atoms with Gasteiger partial charge in [-0.15, -0.1) is 0 Å². The van der Waals surface area contributed by atoms with E-state index in [1.807, 2.05) is 25.1 Å². The molecule has 1 saturated heterocycles. The number of benzene rings is 1. The fourth-order valence-electron chi connectivity index (χ4n) is 2.21. The first-order valence-electron chi connectivity index (χ1n) is 6.88. The molecule has 1 heterocycles. The molecule has 0 saturated carbocycles. The summed E-state index contributed by atoms with van der Waals surface area (Å²) in [5.74, 6) is 1.48. The summed E-state index contributed by atoms with van der Waals surface area (Å²) in [7, 11) is 1.64. The van der Waals surface area contributed by atoms with E-state index in [2.05, 4.69) is 0 Å². The first kappa shape index (κ1) is 14.2. The summed E-state index contributed by atoms with van der Waals surface area (Å²) in [6, 6.07) is 5.82. The van der Waals surface area contributed by atoms with Gasteiger partial charge in [-0.3, -0.25) is 0 Å². The second-order valence-electron chi connectivity index (χ2n) is 5.00. The van der Waals surface area contributed by atoms with Crippen LogP contribution in [0.4, 0.5) is 0 Å². The number of ether oxygens (including phenoxy) is 3. The van der Waals surface area contributed by atoms with Crippen molar-refractivity contribution in [2.45, 2.75) is 38.3 Å². The molecular formula is C15H23NO3. The average molecular weight is 265 g/mol. The van der Waals surface area contributed by atoms with Crippen molar-refractivity contribution in [3.8, 4) is 11.5 Å². The van der Waals surface area contributed by atoms with Gasteiger partial charge in [-0.05, 0) is 43.9 Å². The second-order valence-corrected chi connectivity index (χ2v) is 5.00. The lowest BCUT2D eigenvalue weighted by atomic mass is 10.1. The Bertz CT molecular complexity index is 400. The van der Waals surface area contributed by atoms with Crippen molar-refractivity contribution in [2.75, 3.05) is 20.3 Å². The van der Waals surface area contributed by atoms with E-state index in [-0.39, 0.29) is 12.1 Å². The van der Waals surface area contributed by atoms with Crippen LogP contribution in [0, 0.1) is 0 Å². The van der Waals surface area contributed by atoms with Crippen LogP contribution >= 0.6 is 0 Å². The third-order valence-electron chi connectivity index (χ3n) is 3.41. The highest BCUT2D eigenvalue weighted by molar-refractivity contribution is 5.43. The van der Waals surface area contributed by atoms with E-state index in [9.17, 15) is 0 Å². The molecule has 0 aliphatic carbocycles. The van der Waals surface area contributed by atoms with Gasteiger partial charge in [0.25, 0.3) is 0 Å². The molecule has 2 N–H and O–H groups in total. The van der Waals surface area contributed by atoms with Crippen molar-refractivity contribution in [1.29, 1.82) is 0 Å². The van der Waals surface area contributed by atoms with Crippen molar-refractivity contribution in [3.63, 3.8) is 0 Å². The van der Waals surface area contributed by atoms with Crippen LogP contribution in [0.1, 0.15) is 37.8 Å². The number of nitrogens with two attached hydrogens (primary N) is 1. The van der Waals surface area contributed by atoms with Crippen LogP contribution in [-0.4, -0.2) is 26.4 Å². The predicted molar refractivity (Wildman–Crippen MR) is 74.7 cm³/mol. The zero-order valence-electron chi connectivity index (χ0n) is 11.7. The first-order chi connectivity index (χ1) is 9.20. The minimum Gasteiger partial charge on any atom is -0.493 e. The zero-order chi connectivity index (χ0) is 13.7. The Morgan fingerprint density at radius 3 is 2.84 bits per heavy atom. The average Bonchev–Trinajstić information content (AvgIpc) is 2.45.